The molecule has 82 valence electrons. The Kier molecular flexibility index (Phi) is 2.33. The van der Waals surface area contributed by atoms with Crippen LogP contribution in [0.25, 0.3) is 0 Å². The van der Waals surface area contributed by atoms with Crippen LogP contribution in [-0.2, 0) is 0 Å². The number of halogens is 2. The van der Waals surface area contributed by atoms with Crippen molar-refractivity contribution in [3.63, 3.8) is 0 Å². The first-order chi connectivity index (χ1) is 6.45. The highest BCUT2D eigenvalue weighted by molar-refractivity contribution is 5.04. The Balaban J connectivity index is 2.21. The van der Waals surface area contributed by atoms with E-state index in [4.69, 9.17) is 0 Å². The van der Waals surface area contributed by atoms with Crippen LogP contribution in [0.15, 0.2) is 0 Å². The lowest BCUT2D eigenvalue weighted by Gasteiger charge is -2.43. The zero-order chi connectivity index (χ0) is 10.4. The van der Waals surface area contributed by atoms with Crippen molar-refractivity contribution in [2.75, 3.05) is 13.1 Å². The molecule has 0 aromatic carbocycles. The Hall–Kier alpha value is -0.180. The van der Waals surface area contributed by atoms with Crippen molar-refractivity contribution in [2.24, 2.45) is 17.3 Å². The summed E-state index contributed by atoms with van der Waals surface area (Å²) < 4.78 is 27.5. The predicted molar refractivity (Wildman–Crippen MR) is 52.4 cm³/mol. The SMILES string of the molecule is CC1CC(C)CC2(CNCC2(F)F)C1. The molecule has 1 saturated carbocycles. The van der Waals surface area contributed by atoms with Gasteiger partial charge < -0.3 is 5.32 Å². The summed E-state index contributed by atoms with van der Waals surface area (Å²) in [5.41, 5.74) is -0.732. The molecule has 2 atom stereocenters. The van der Waals surface area contributed by atoms with Gasteiger partial charge in [0.15, 0.2) is 0 Å². The molecule has 0 aromatic heterocycles. The van der Waals surface area contributed by atoms with Crippen molar-refractivity contribution in [3.05, 3.63) is 0 Å². The van der Waals surface area contributed by atoms with E-state index in [-0.39, 0.29) is 6.54 Å². The molecule has 1 heterocycles. The monoisotopic (exact) mass is 203 g/mol. The van der Waals surface area contributed by atoms with Crippen LogP contribution in [-0.4, -0.2) is 19.0 Å². The smallest absolute Gasteiger partial charge is 0.267 e. The summed E-state index contributed by atoms with van der Waals surface area (Å²) in [6.07, 6.45) is 2.49. The maximum atomic E-state index is 13.8. The fourth-order valence-corrected chi connectivity index (χ4v) is 3.49. The predicted octanol–water partition coefficient (Wildman–Crippen LogP) is 2.67. The van der Waals surface area contributed by atoms with Crippen molar-refractivity contribution in [3.8, 4) is 0 Å². The zero-order valence-corrected chi connectivity index (χ0v) is 8.95. The fourth-order valence-electron chi connectivity index (χ4n) is 3.49. The number of hydrogen-bond donors (Lipinski definition) is 1. The Bertz CT molecular complexity index is 217. The van der Waals surface area contributed by atoms with Crippen molar-refractivity contribution in [1.29, 1.82) is 0 Å². The quantitative estimate of drug-likeness (QED) is 0.638. The highest BCUT2D eigenvalue weighted by atomic mass is 19.3. The first-order valence-electron chi connectivity index (χ1n) is 5.54. The highest BCUT2D eigenvalue weighted by Gasteiger charge is 2.58. The van der Waals surface area contributed by atoms with E-state index in [1.54, 1.807) is 0 Å². The molecule has 1 aliphatic heterocycles. The van der Waals surface area contributed by atoms with Gasteiger partial charge in [-0.05, 0) is 31.1 Å². The Morgan fingerprint density at radius 3 is 2.07 bits per heavy atom. The first-order valence-corrected chi connectivity index (χ1v) is 5.54. The normalized spacial score (nSPS) is 47.1. The molecule has 1 saturated heterocycles. The molecule has 3 heteroatoms. The van der Waals surface area contributed by atoms with E-state index in [0.717, 1.165) is 6.42 Å². The number of rotatable bonds is 0. The van der Waals surface area contributed by atoms with E-state index in [0.29, 0.717) is 31.2 Å². The van der Waals surface area contributed by atoms with E-state index in [2.05, 4.69) is 19.2 Å². The van der Waals surface area contributed by atoms with Crippen LogP contribution in [0.1, 0.15) is 33.1 Å². The van der Waals surface area contributed by atoms with Gasteiger partial charge in [0.1, 0.15) is 0 Å². The zero-order valence-electron chi connectivity index (χ0n) is 8.95. The Morgan fingerprint density at radius 1 is 1.07 bits per heavy atom. The fraction of sp³-hybridized carbons (Fsp3) is 1.00. The maximum absolute atomic E-state index is 13.8. The van der Waals surface area contributed by atoms with Gasteiger partial charge in [0.2, 0.25) is 0 Å². The number of alkyl halides is 2. The maximum Gasteiger partial charge on any atom is 0.267 e. The highest BCUT2D eigenvalue weighted by Crippen LogP contribution is 2.53. The van der Waals surface area contributed by atoms with Crippen LogP contribution in [0, 0.1) is 17.3 Å². The van der Waals surface area contributed by atoms with E-state index < -0.39 is 11.3 Å². The molecule has 2 unspecified atom stereocenters. The van der Waals surface area contributed by atoms with Crippen LogP contribution < -0.4 is 5.32 Å². The van der Waals surface area contributed by atoms with Crippen molar-refractivity contribution < 1.29 is 8.78 Å². The van der Waals surface area contributed by atoms with Gasteiger partial charge in [0, 0.05) is 12.0 Å². The second kappa shape index (κ2) is 3.16. The van der Waals surface area contributed by atoms with Gasteiger partial charge in [-0.2, -0.15) is 0 Å². The summed E-state index contributed by atoms with van der Waals surface area (Å²) in [6, 6.07) is 0. The minimum atomic E-state index is -2.49. The molecule has 2 fully saturated rings. The topological polar surface area (TPSA) is 12.0 Å². The van der Waals surface area contributed by atoms with Crippen molar-refractivity contribution in [2.45, 2.75) is 39.0 Å². The molecule has 2 aliphatic rings. The summed E-state index contributed by atoms with van der Waals surface area (Å²) in [7, 11) is 0. The molecule has 1 nitrogen and oxygen atoms in total. The molecular weight excluding hydrogens is 184 g/mol. The van der Waals surface area contributed by atoms with Gasteiger partial charge in [0.25, 0.3) is 5.92 Å². The van der Waals surface area contributed by atoms with Gasteiger partial charge in [-0.15, -0.1) is 0 Å². The summed E-state index contributed by atoms with van der Waals surface area (Å²) in [5.74, 6) is -1.59. The molecule has 14 heavy (non-hydrogen) atoms. The third-order valence-electron chi connectivity index (χ3n) is 3.87. The lowest BCUT2D eigenvalue weighted by Crippen LogP contribution is -2.45. The van der Waals surface area contributed by atoms with Crippen LogP contribution >= 0.6 is 0 Å². The molecular formula is C11H19F2N. The van der Waals surface area contributed by atoms with Crippen LogP contribution in [0.4, 0.5) is 8.78 Å². The van der Waals surface area contributed by atoms with Crippen molar-refractivity contribution >= 4 is 0 Å². The van der Waals surface area contributed by atoms with E-state index >= 15 is 0 Å². The lowest BCUT2D eigenvalue weighted by atomic mass is 9.64. The minimum absolute atomic E-state index is 0.119. The van der Waals surface area contributed by atoms with Crippen LogP contribution in [0.5, 0.6) is 0 Å². The van der Waals surface area contributed by atoms with E-state index in [1.165, 1.54) is 0 Å². The van der Waals surface area contributed by atoms with Gasteiger partial charge in [-0.1, -0.05) is 13.8 Å². The van der Waals surface area contributed by atoms with E-state index in [9.17, 15) is 8.78 Å². The van der Waals surface area contributed by atoms with E-state index in [1.807, 2.05) is 0 Å². The second-order valence-electron chi connectivity index (χ2n) is 5.44. The van der Waals surface area contributed by atoms with Crippen LogP contribution in [0.2, 0.25) is 0 Å². The second-order valence-corrected chi connectivity index (χ2v) is 5.44. The molecule has 0 bridgehead atoms. The Labute approximate surface area is 84.3 Å². The van der Waals surface area contributed by atoms with Gasteiger partial charge >= 0.3 is 0 Å². The lowest BCUT2D eigenvalue weighted by molar-refractivity contribution is -0.116. The molecule has 1 aliphatic carbocycles. The standard InChI is InChI=1S/C11H19F2N/c1-8-3-9(2)5-10(4-8)6-14-7-11(10,12)13/h8-9,14H,3-7H2,1-2H3. The largest absolute Gasteiger partial charge is 0.310 e. The third kappa shape index (κ3) is 1.46. The average Bonchev–Trinajstić information content (AvgIpc) is 2.24. The average molecular weight is 203 g/mol. The van der Waals surface area contributed by atoms with Crippen molar-refractivity contribution in [1.82, 2.24) is 5.32 Å². The van der Waals surface area contributed by atoms with Crippen LogP contribution in [0.3, 0.4) is 0 Å². The molecule has 0 amide bonds. The number of nitrogens with one attached hydrogen (secondary N) is 1. The number of hydrogen-bond acceptors (Lipinski definition) is 1. The minimum Gasteiger partial charge on any atom is -0.310 e. The summed E-state index contributed by atoms with van der Waals surface area (Å²) >= 11 is 0. The summed E-state index contributed by atoms with van der Waals surface area (Å²) in [4.78, 5) is 0. The van der Waals surface area contributed by atoms with Gasteiger partial charge in [-0.25, -0.2) is 8.78 Å². The third-order valence-corrected chi connectivity index (χ3v) is 3.87. The van der Waals surface area contributed by atoms with Gasteiger partial charge in [-0.3, -0.25) is 0 Å². The Morgan fingerprint density at radius 2 is 1.64 bits per heavy atom. The molecule has 0 aromatic rings. The molecule has 1 N–H and O–H groups in total. The van der Waals surface area contributed by atoms with Gasteiger partial charge in [0.05, 0.1) is 6.54 Å². The first kappa shape index (κ1) is 10.3. The molecule has 0 radical (unpaired) electrons. The molecule has 1 spiro atoms. The summed E-state index contributed by atoms with van der Waals surface area (Å²) in [5, 5.41) is 2.86. The molecule has 2 rings (SSSR count). The summed E-state index contributed by atoms with van der Waals surface area (Å²) in [6.45, 7) is 4.60.